The topological polar surface area (TPSA) is 0 Å². The van der Waals surface area contributed by atoms with E-state index in [-0.39, 0.29) is 0 Å². The molecule has 4 aliphatic carbocycles. The number of hydrogen-bond donors (Lipinski definition) is 0. The summed E-state index contributed by atoms with van der Waals surface area (Å²) in [6.07, 6.45) is 27.9. The van der Waals surface area contributed by atoms with Crippen molar-refractivity contribution >= 4 is 0 Å². The van der Waals surface area contributed by atoms with E-state index in [1.165, 1.54) is 51.4 Å². The van der Waals surface area contributed by atoms with E-state index in [1.54, 1.807) is 44.9 Å². The zero-order valence-corrected chi connectivity index (χ0v) is 15.2. The fourth-order valence-corrected chi connectivity index (χ4v) is 7.07. The van der Waals surface area contributed by atoms with Crippen molar-refractivity contribution in [3.63, 3.8) is 0 Å². The number of allylic oxidation sites excluding steroid dienone is 2. The van der Waals surface area contributed by atoms with Crippen LogP contribution in [0, 0.1) is 35.5 Å². The summed E-state index contributed by atoms with van der Waals surface area (Å²) in [7, 11) is 0. The fourth-order valence-electron chi connectivity index (χ4n) is 7.07. The van der Waals surface area contributed by atoms with Gasteiger partial charge in [0.1, 0.15) is 0 Å². The Balaban J connectivity index is 1.17. The third kappa shape index (κ3) is 3.72. The zero-order valence-electron chi connectivity index (χ0n) is 15.2. The molecule has 6 atom stereocenters. The third-order valence-corrected chi connectivity index (χ3v) is 8.27. The quantitative estimate of drug-likeness (QED) is 0.473. The number of hydrogen-bond acceptors (Lipinski definition) is 0. The second kappa shape index (κ2) is 7.75. The van der Waals surface area contributed by atoms with E-state index in [1.807, 2.05) is 0 Å². The van der Waals surface area contributed by atoms with Crippen molar-refractivity contribution in [1.82, 2.24) is 0 Å². The van der Waals surface area contributed by atoms with Gasteiger partial charge < -0.3 is 0 Å². The van der Waals surface area contributed by atoms with Crippen molar-refractivity contribution in [2.24, 2.45) is 35.5 Å². The smallest absolute Gasteiger partial charge is 0.0319 e. The van der Waals surface area contributed by atoms with Crippen LogP contribution in [-0.2, 0) is 0 Å². The highest BCUT2D eigenvalue weighted by atomic mass is 14.4. The lowest BCUT2D eigenvalue weighted by Gasteiger charge is -2.29. The molecule has 130 valence electrons. The molecule has 23 heavy (non-hydrogen) atoms. The Hall–Kier alpha value is -0.260. The first kappa shape index (κ1) is 16.2. The third-order valence-electron chi connectivity index (χ3n) is 8.27. The van der Waals surface area contributed by atoms with E-state index >= 15 is 0 Å². The van der Waals surface area contributed by atoms with E-state index in [0.717, 1.165) is 35.5 Å². The lowest BCUT2D eigenvalue weighted by atomic mass is 9.76. The SMILES string of the molecule is C(=CCC1CCC2CCCCC12)CCC1CCC2CCCCC12. The predicted molar refractivity (Wildman–Crippen MR) is 99.3 cm³/mol. The molecule has 0 aromatic heterocycles. The predicted octanol–water partition coefficient (Wildman–Crippen LogP) is 7.15. The largest absolute Gasteiger partial charge is 0.0885 e. The van der Waals surface area contributed by atoms with E-state index < -0.39 is 0 Å². The van der Waals surface area contributed by atoms with Crippen LogP contribution in [-0.4, -0.2) is 0 Å². The normalized spacial score (nSPS) is 43.7. The molecule has 0 heterocycles. The molecule has 0 bridgehead atoms. The van der Waals surface area contributed by atoms with Crippen LogP contribution in [0.5, 0.6) is 0 Å². The van der Waals surface area contributed by atoms with Crippen LogP contribution in [0.4, 0.5) is 0 Å². The first-order valence-corrected chi connectivity index (χ1v) is 11.1. The monoisotopic (exact) mass is 314 g/mol. The summed E-state index contributed by atoms with van der Waals surface area (Å²) in [5.41, 5.74) is 0. The molecule has 0 aliphatic heterocycles. The molecule has 0 N–H and O–H groups in total. The minimum atomic E-state index is 1.05. The molecular formula is C23H38. The Labute approximate surface area is 144 Å². The van der Waals surface area contributed by atoms with Crippen molar-refractivity contribution in [2.75, 3.05) is 0 Å². The molecule has 0 saturated heterocycles. The Morgan fingerprint density at radius 1 is 0.565 bits per heavy atom. The Morgan fingerprint density at radius 2 is 1.17 bits per heavy atom. The molecule has 0 aromatic carbocycles. The molecule has 4 saturated carbocycles. The van der Waals surface area contributed by atoms with Gasteiger partial charge in [-0.2, -0.15) is 0 Å². The maximum Gasteiger partial charge on any atom is -0.0319 e. The maximum atomic E-state index is 2.58. The van der Waals surface area contributed by atoms with Crippen molar-refractivity contribution in [3.8, 4) is 0 Å². The van der Waals surface area contributed by atoms with Gasteiger partial charge in [-0.1, -0.05) is 50.7 Å². The Bertz CT molecular complexity index is 395. The van der Waals surface area contributed by atoms with Crippen LogP contribution < -0.4 is 0 Å². The van der Waals surface area contributed by atoms with Gasteiger partial charge in [-0.25, -0.2) is 0 Å². The van der Waals surface area contributed by atoms with Crippen LogP contribution in [0.1, 0.15) is 96.3 Å². The van der Waals surface area contributed by atoms with Crippen LogP contribution in [0.15, 0.2) is 12.2 Å². The second-order valence-electron chi connectivity index (χ2n) is 9.38. The first-order valence-electron chi connectivity index (χ1n) is 11.1. The zero-order chi connectivity index (χ0) is 15.5. The van der Waals surface area contributed by atoms with Gasteiger partial charge in [0, 0.05) is 0 Å². The Kier molecular flexibility index (Phi) is 5.46. The van der Waals surface area contributed by atoms with Crippen molar-refractivity contribution in [1.29, 1.82) is 0 Å². The highest BCUT2D eigenvalue weighted by Gasteiger charge is 2.37. The van der Waals surface area contributed by atoms with Crippen molar-refractivity contribution < 1.29 is 0 Å². The van der Waals surface area contributed by atoms with Crippen molar-refractivity contribution in [2.45, 2.75) is 96.3 Å². The maximum absolute atomic E-state index is 2.58. The van der Waals surface area contributed by atoms with Gasteiger partial charge in [-0.15, -0.1) is 0 Å². The van der Waals surface area contributed by atoms with Crippen LogP contribution in [0.25, 0.3) is 0 Å². The molecule has 4 fully saturated rings. The van der Waals surface area contributed by atoms with Crippen molar-refractivity contribution in [3.05, 3.63) is 12.2 Å². The standard InChI is InChI=1S/C23H38/c1(2-8-18-14-16-20-10-4-6-12-22(18)20)3-9-19-15-17-21-11-5-7-13-23(19)21/h1-2,18-23H,3-17H2. The van der Waals surface area contributed by atoms with Gasteiger partial charge in [-0.3, -0.25) is 0 Å². The van der Waals surface area contributed by atoms with E-state index in [9.17, 15) is 0 Å². The summed E-state index contributed by atoms with van der Waals surface area (Å²) >= 11 is 0. The first-order chi connectivity index (χ1) is 11.4. The minimum absolute atomic E-state index is 1.05. The van der Waals surface area contributed by atoms with Crippen LogP contribution in [0.3, 0.4) is 0 Å². The van der Waals surface area contributed by atoms with Crippen LogP contribution in [0.2, 0.25) is 0 Å². The van der Waals surface area contributed by atoms with Gasteiger partial charge >= 0.3 is 0 Å². The van der Waals surface area contributed by atoms with E-state index in [4.69, 9.17) is 0 Å². The molecule has 6 unspecified atom stereocenters. The van der Waals surface area contributed by atoms with Gasteiger partial charge in [0.15, 0.2) is 0 Å². The average Bonchev–Trinajstić information content (AvgIpc) is 3.19. The molecule has 0 aromatic rings. The summed E-state index contributed by atoms with van der Waals surface area (Å²) in [6, 6.07) is 0. The van der Waals surface area contributed by atoms with Gasteiger partial charge in [0.05, 0.1) is 0 Å². The molecule has 0 radical (unpaired) electrons. The molecule has 0 heteroatoms. The fraction of sp³-hybridized carbons (Fsp3) is 0.913. The number of fused-ring (bicyclic) bond motifs is 2. The summed E-state index contributed by atoms with van der Waals surface area (Å²) in [6.45, 7) is 0. The van der Waals surface area contributed by atoms with Gasteiger partial charge in [0.25, 0.3) is 0 Å². The molecule has 0 spiro atoms. The van der Waals surface area contributed by atoms with E-state index in [0.29, 0.717) is 0 Å². The summed E-state index contributed by atoms with van der Waals surface area (Å²) in [4.78, 5) is 0. The van der Waals surface area contributed by atoms with Gasteiger partial charge in [-0.05, 0) is 93.3 Å². The minimum Gasteiger partial charge on any atom is -0.0885 e. The van der Waals surface area contributed by atoms with Crippen LogP contribution >= 0.6 is 0 Å². The molecule has 4 rings (SSSR count). The lowest BCUT2D eigenvalue weighted by molar-refractivity contribution is 0.221. The van der Waals surface area contributed by atoms with Gasteiger partial charge in [0.2, 0.25) is 0 Å². The highest BCUT2D eigenvalue weighted by molar-refractivity contribution is 4.94. The summed E-state index contributed by atoms with van der Waals surface area (Å²) in [5.74, 6) is 6.59. The molecule has 0 nitrogen and oxygen atoms in total. The summed E-state index contributed by atoms with van der Waals surface area (Å²) in [5, 5.41) is 0. The Morgan fingerprint density at radius 3 is 1.91 bits per heavy atom. The van der Waals surface area contributed by atoms with E-state index in [2.05, 4.69) is 12.2 Å². The highest BCUT2D eigenvalue weighted by Crippen LogP contribution is 2.48. The molecule has 0 amide bonds. The second-order valence-corrected chi connectivity index (χ2v) is 9.38. The summed E-state index contributed by atoms with van der Waals surface area (Å²) < 4.78 is 0. The average molecular weight is 315 g/mol. The molecule has 4 aliphatic rings. The number of rotatable bonds is 5. The molecular weight excluding hydrogens is 276 g/mol. The lowest BCUT2D eigenvalue weighted by Crippen LogP contribution is -2.19.